The first-order valence-electron chi connectivity index (χ1n) is 6.89. The predicted molar refractivity (Wildman–Crippen MR) is 80.3 cm³/mol. The van der Waals surface area contributed by atoms with Gasteiger partial charge in [-0.15, -0.1) is 0 Å². The molecular weight excluding hydrogens is 286 g/mol. The van der Waals surface area contributed by atoms with E-state index in [-0.39, 0.29) is 5.82 Å². The Kier molecular flexibility index (Phi) is 3.71. The topological polar surface area (TPSA) is 117 Å². The maximum atomic E-state index is 5.77. The Morgan fingerprint density at radius 1 is 1.45 bits per heavy atom. The molecule has 2 aromatic heterocycles. The molecule has 114 valence electrons. The third-order valence-electron chi connectivity index (χ3n) is 3.16. The molecule has 9 nitrogen and oxygen atoms in total. The Labute approximate surface area is 126 Å². The fourth-order valence-electron chi connectivity index (χ4n) is 2.27. The summed E-state index contributed by atoms with van der Waals surface area (Å²) in [6.45, 7) is 5.46. The summed E-state index contributed by atoms with van der Waals surface area (Å²) in [5.41, 5.74) is 8.56. The molecule has 0 atom stereocenters. The summed E-state index contributed by atoms with van der Waals surface area (Å²) in [5, 5.41) is 11.2. The molecule has 0 unspecified atom stereocenters. The van der Waals surface area contributed by atoms with Crippen LogP contribution in [0.1, 0.15) is 25.2 Å². The maximum absolute atomic E-state index is 5.77. The molecule has 2 N–H and O–H groups in total. The summed E-state index contributed by atoms with van der Waals surface area (Å²) in [6, 6.07) is 0. The molecule has 0 spiro atoms. The van der Waals surface area contributed by atoms with Crippen molar-refractivity contribution in [1.82, 2.24) is 19.9 Å². The Morgan fingerprint density at radius 3 is 3.00 bits per heavy atom. The van der Waals surface area contributed by atoms with Crippen molar-refractivity contribution in [3.63, 3.8) is 0 Å². The van der Waals surface area contributed by atoms with Crippen LogP contribution >= 0.6 is 0 Å². The number of fused-ring (bicyclic) bond motifs is 1. The van der Waals surface area contributed by atoms with Gasteiger partial charge < -0.3 is 15.1 Å². The van der Waals surface area contributed by atoms with Crippen LogP contribution in [0.4, 0.5) is 5.82 Å². The molecule has 0 radical (unpaired) electrons. The van der Waals surface area contributed by atoms with E-state index in [0.717, 1.165) is 11.4 Å². The molecule has 0 fully saturated rings. The van der Waals surface area contributed by atoms with E-state index in [1.54, 1.807) is 6.21 Å². The van der Waals surface area contributed by atoms with Gasteiger partial charge in [-0.25, -0.2) is 9.61 Å². The second kappa shape index (κ2) is 5.82. The summed E-state index contributed by atoms with van der Waals surface area (Å²) < 4.78 is 6.63. The van der Waals surface area contributed by atoms with E-state index in [1.807, 2.05) is 18.4 Å². The van der Waals surface area contributed by atoms with Crippen LogP contribution in [0.15, 0.2) is 14.8 Å². The Morgan fingerprint density at radius 2 is 2.32 bits per heavy atom. The Hall–Kier alpha value is -2.93. The zero-order chi connectivity index (χ0) is 15.5. The van der Waals surface area contributed by atoms with Crippen molar-refractivity contribution in [3.8, 4) is 11.5 Å². The highest BCUT2D eigenvalue weighted by atomic mass is 16.6. The number of allylic oxidation sites excluding steroid dienone is 1. The summed E-state index contributed by atoms with van der Waals surface area (Å²) in [7, 11) is 0. The van der Waals surface area contributed by atoms with Crippen molar-refractivity contribution >= 4 is 23.5 Å². The number of imidazole rings is 1. The Balaban J connectivity index is 2.16. The van der Waals surface area contributed by atoms with Gasteiger partial charge in [0.05, 0.1) is 23.5 Å². The van der Waals surface area contributed by atoms with Gasteiger partial charge in [-0.2, -0.15) is 0 Å². The van der Waals surface area contributed by atoms with Gasteiger partial charge in [0, 0.05) is 18.6 Å². The minimum absolute atomic E-state index is 0.200. The number of hydrogen-bond donors (Lipinski definition) is 1. The van der Waals surface area contributed by atoms with Gasteiger partial charge in [-0.1, -0.05) is 0 Å². The van der Waals surface area contributed by atoms with E-state index in [0.29, 0.717) is 36.8 Å². The number of nitrogens with two attached hydrogens (primary N) is 1. The number of hydrogen-bond acceptors (Lipinski definition) is 8. The van der Waals surface area contributed by atoms with Crippen molar-refractivity contribution < 1.29 is 9.47 Å². The molecule has 3 heterocycles. The zero-order valence-corrected chi connectivity index (χ0v) is 12.3. The molecule has 2 aromatic rings. The molecule has 0 saturated heterocycles. The van der Waals surface area contributed by atoms with E-state index < -0.39 is 0 Å². The van der Waals surface area contributed by atoms with E-state index >= 15 is 0 Å². The highest BCUT2D eigenvalue weighted by molar-refractivity contribution is 6.21. The van der Waals surface area contributed by atoms with Gasteiger partial charge in [0.2, 0.25) is 0 Å². The highest BCUT2D eigenvalue weighted by Crippen LogP contribution is 2.29. The average Bonchev–Trinajstić information content (AvgIpc) is 3.10. The molecule has 0 amide bonds. The van der Waals surface area contributed by atoms with Crippen molar-refractivity contribution in [2.45, 2.75) is 26.9 Å². The van der Waals surface area contributed by atoms with Gasteiger partial charge in [0.25, 0.3) is 0 Å². The molecule has 0 bridgehead atoms. The molecule has 1 aliphatic heterocycles. The molecule has 22 heavy (non-hydrogen) atoms. The van der Waals surface area contributed by atoms with Gasteiger partial charge in [-0.3, -0.25) is 4.99 Å². The second-order valence-electron chi connectivity index (χ2n) is 4.48. The van der Waals surface area contributed by atoms with Crippen molar-refractivity contribution in [2.24, 2.45) is 10.1 Å². The minimum Gasteiger partial charge on any atom is -0.389 e. The summed E-state index contributed by atoms with van der Waals surface area (Å²) >= 11 is 0. The van der Waals surface area contributed by atoms with E-state index in [2.05, 4.69) is 35.9 Å². The molecule has 1 aliphatic rings. The first kappa shape index (κ1) is 14.0. The fraction of sp³-hybridized carbons (Fsp3) is 0.385. The van der Waals surface area contributed by atoms with Gasteiger partial charge in [0.15, 0.2) is 17.3 Å². The lowest BCUT2D eigenvalue weighted by Gasteiger charge is -2.10. The van der Waals surface area contributed by atoms with Crippen LogP contribution in [0, 0.1) is 0 Å². The molecule has 0 aliphatic carbocycles. The molecule has 3 rings (SSSR count). The third-order valence-corrected chi connectivity index (χ3v) is 3.16. The zero-order valence-electron chi connectivity index (χ0n) is 12.3. The van der Waals surface area contributed by atoms with Crippen molar-refractivity contribution in [1.29, 1.82) is 0 Å². The standard InChI is InChI=1S/C13H15N7O2/c1-3-20-11-8(6-16-21-4-2)5-15-7-9(11)17-13(20)10-12(14)19-22-18-10/h5H,3-4,7H2,1-2H3,(H2,14,19). The maximum Gasteiger partial charge on any atom is 0.199 e. The number of nitrogens with zero attached hydrogens (tertiary/aromatic N) is 6. The number of aliphatic imine (C=N–C) groups is 1. The van der Waals surface area contributed by atoms with Crippen LogP contribution in [-0.4, -0.2) is 38.6 Å². The second-order valence-corrected chi connectivity index (χ2v) is 4.48. The van der Waals surface area contributed by atoms with E-state index in [1.165, 1.54) is 0 Å². The predicted octanol–water partition coefficient (Wildman–Crippen LogP) is 1.12. The largest absolute Gasteiger partial charge is 0.389 e. The quantitative estimate of drug-likeness (QED) is 0.668. The number of anilines is 1. The fourth-order valence-corrected chi connectivity index (χ4v) is 2.27. The molecule has 0 saturated carbocycles. The Bertz CT molecular complexity index is 780. The summed E-state index contributed by atoms with van der Waals surface area (Å²) in [4.78, 5) is 13.8. The first-order chi connectivity index (χ1) is 10.8. The van der Waals surface area contributed by atoms with Crippen LogP contribution in [0.3, 0.4) is 0 Å². The van der Waals surface area contributed by atoms with Crippen LogP contribution in [0.5, 0.6) is 0 Å². The lowest BCUT2D eigenvalue weighted by atomic mass is 10.1. The van der Waals surface area contributed by atoms with Gasteiger partial charge in [-0.05, 0) is 29.3 Å². The lowest BCUT2D eigenvalue weighted by molar-refractivity contribution is 0.161. The molecule has 9 heteroatoms. The van der Waals surface area contributed by atoms with Gasteiger partial charge in [0.1, 0.15) is 6.61 Å². The SMILES string of the molecule is CCON=C=C1C=NCc2nc(-c3nonc3N)n(CC)c21. The number of aromatic nitrogens is 4. The smallest absolute Gasteiger partial charge is 0.199 e. The number of nitrogen functional groups attached to an aromatic ring is 1. The third kappa shape index (κ3) is 2.27. The lowest BCUT2D eigenvalue weighted by Crippen LogP contribution is -2.08. The van der Waals surface area contributed by atoms with Crippen LogP contribution in [-0.2, 0) is 17.9 Å². The van der Waals surface area contributed by atoms with Crippen molar-refractivity contribution in [2.75, 3.05) is 12.3 Å². The van der Waals surface area contributed by atoms with Crippen LogP contribution in [0.25, 0.3) is 17.1 Å². The normalized spacial score (nSPS) is 12.9. The van der Waals surface area contributed by atoms with Crippen LogP contribution < -0.4 is 5.73 Å². The monoisotopic (exact) mass is 301 g/mol. The van der Waals surface area contributed by atoms with Crippen LogP contribution in [0.2, 0.25) is 0 Å². The minimum atomic E-state index is 0.200. The van der Waals surface area contributed by atoms with E-state index in [4.69, 9.17) is 10.6 Å². The highest BCUT2D eigenvalue weighted by Gasteiger charge is 2.25. The average molecular weight is 301 g/mol. The van der Waals surface area contributed by atoms with E-state index in [9.17, 15) is 0 Å². The summed E-state index contributed by atoms with van der Waals surface area (Å²) in [6.07, 6.45) is 1.70. The first-order valence-corrected chi connectivity index (χ1v) is 6.89. The number of rotatable bonds is 4. The summed E-state index contributed by atoms with van der Waals surface area (Å²) in [5.74, 6) is 3.64. The molecule has 0 aromatic carbocycles. The van der Waals surface area contributed by atoms with Crippen molar-refractivity contribution in [3.05, 3.63) is 11.4 Å². The van der Waals surface area contributed by atoms with Gasteiger partial charge >= 0.3 is 0 Å². The molecular formula is C13H15N7O2.